The molecule has 0 heterocycles. The predicted molar refractivity (Wildman–Crippen MR) is 109 cm³/mol. The van der Waals surface area contributed by atoms with Crippen molar-refractivity contribution in [3.8, 4) is 23.3 Å². The van der Waals surface area contributed by atoms with Gasteiger partial charge in [0.15, 0.2) is 11.5 Å². The Morgan fingerprint density at radius 1 is 1.19 bits per heavy atom. The molecule has 0 saturated carbocycles. The topological polar surface area (TPSA) is 74.5 Å². The molecule has 0 radical (unpaired) electrons. The number of aryl methyl sites for hydroxylation is 2. The lowest BCUT2D eigenvalue weighted by atomic mass is 10.1. The van der Waals surface area contributed by atoms with Crippen molar-refractivity contribution in [3.05, 3.63) is 52.6 Å². The van der Waals surface area contributed by atoms with Gasteiger partial charge in [-0.05, 0) is 74.7 Å². The van der Waals surface area contributed by atoms with Crippen molar-refractivity contribution in [1.29, 1.82) is 5.26 Å². The summed E-state index contributed by atoms with van der Waals surface area (Å²) in [5, 5.41) is 22.1. The van der Waals surface area contributed by atoms with E-state index in [-0.39, 0.29) is 24.2 Å². The second kappa shape index (κ2) is 10.7. The number of benzene rings is 2. The van der Waals surface area contributed by atoms with Crippen LogP contribution in [0.25, 0.3) is 0 Å². The third-order valence-electron chi connectivity index (χ3n) is 4.22. The molecule has 0 aliphatic heterocycles. The predicted octanol–water partition coefficient (Wildman–Crippen LogP) is 3.91. The molecule has 5 nitrogen and oxygen atoms in total. The van der Waals surface area contributed by atoms with Crippen LogP contribution in [-0.4, -0.2) is 31.4 Å². The maximum Gasteiger partial charge on any atom is 0.160 e. The van der Waals surface area contributed by atoms with Crippen molar-refractivity contribution < 1.29 is 14.6 Å². The molecule has 2 N–H and O–H groups in total. The van der Waals surface area contributed by atoms with E-state index in [1.54, 1.807) is 13.2 Å². The fraction of sp³-hybridized carbons (Fsp3) is 0.381. The number of ether oxygens (including phenoxy) is 2. The van der Waals surface area contributed by atoms with E-state index in [1.165, 1.54) is 0 Å². The highest BCUT2D eigenvalue weighted by atomic mass is 35.5. The molecule has 1 unspecified atom stereocenters. The summed E-state index contributed by atoms with van der Waals surface area (Å²) < 4.78 is 11.1. The molecule has 27 heavy (non-hydrogen) atoms. The molecule has 0 bridgehead atoms. The van der Waals surface area contributed by atoms with Gasteiger partial charge in [0.1, 0.15) is 12.4 Å². The molecule has 6 heteroatoms. The van der Waals surface area contributed by atoms with Crippen LogP contribution >= 0.6 is 12.4 Å². The minimum Gasteiger partial charge on any atom is -0.504 e. The zero-order valence-electron chi connectivity index (χ0n) is 16.2. The maximum atomic E-state index is 9.63. The van der Waals surface area contributed by atoms with E-state index in [2.05, 4.69) is 18.3 Å². The lowest BCUT2D eigenvalue weighted by Gasteiger charge is -2.18. The van der Waals surface area contributed by atoms with E-state index in [0.717, 1.165) is 35.4 Å². The number of nitrogens with zero attached hydrogens (tertiary/aromatic N) is 1. The van der Waals surface area contributed by atoms with Gasteiger partial charge in [-0.2, -0.15) is 5.26 Å². The number of halogens is 1. The van der Waals surface area contributed by atoms with E-state index in [0.29, 0.717) is 17.9 Å². The van der Waals surface area contributed by atoms with Crippen LogP contribution in [0.4, 0.5) is 0 Å². The van der Waals surface area contributed by atoms with Gasteiger partial charge in [0.25, 0.3) is 0 Å². The molecule has 2 aromatic carbocycles. The van der Waals surface area contributed by atoms with Crippen LogP contribution in [0, 0.1) is 25.2 Å². The highest BCUT2D eigenvalue weighted by Crippen LogP contribution is 2.26. The normalized spacial score (nSPS) is 11.2. The van der Waals surface area contributed by atoms with Gasteiger partial charge in [0.05, 0.1) is 18.7 Å². The van der Waals surface area contributed by atoms with Crippen molar-refractivity contribution in [3.63, 3.8) is 0 Å². The second-order valence-electron chi connectivity index (χ2n) is 6.47. The lowest BCUT2D eigenvalue weighted by Crippen LogP contribution is -2.33. The number of hydrogen-bond donors (Lipinski definition) is 2. The maximum absolute atomic E-state index is 9.63. The van der Waals surface area contributed by atoms with Gasteiger partial charge in [-0.25, -0.2) is 0 Å². The van der Waals surface area contributed by atoms with E-state index in [9.17, 15) is 5.11 Å². The quantitative estimate of drug-likeness (QED) is 0.714. The number of nitriles is 1. The van der Waals surface area contributed by atoms with E-state index in [1.807, 2.05) is 38.1 Å². The standard InChI is InChI=1S/C21H26N2O3.ClH/c1-14-9-18(12-22)10-15(2)21(14)26-13-16(3)23-8-7-17-5-6-19(24)20(11-17)25-4;/h5-6,9-11,16,23-24H,7-8,13H2,1-4H3;1H. The van der Waals surface area contributed by atoms with Crippen molar-refractivity contribution in [2.24, 2.45) is 0 Å². The molecule has 1 atom stereocenters. The van der Waals surface area contributed by atoms with Crippen LogP contribution in [0.2, 0.25) is 0 Å². The summed E-state index contributed by atoms with van der Waals surface area (Å²) in [6.45, 7) is 7.33. The summed E-state index contributed by atoms with van der Waals surface area (Å²) in [5.41, 5.74) is 3.71. The van der Waals surface area contributed by atoms with Gasteiger partial charge in [0, 0.05) is 6.04 Å². The lowest BCUT2D eigenvalue weighted by molar-refractivity contribution is 0.271. The van der Waals surface area contributed by atoms with Gasteiger partial charge in [-0.3, -0.25) is 0 Å². The zero-order chi connectivity index (χ0) is 19.1. The third kappa shape index (κ3) is 6.35. The number of methoxy groups -OCH3 is 1. The van der Waals surface area contributed by atoms with Crippen molar-refractivity contribution in [1.82, 2.24) is 5.32 Å². The summed E-state index contributed by atoms with van der Waals surface area (Å²) in [5.74, 6) is 1.49. The van der Waals surface area contributed by atoms with E-state index in [4.69, 9.17) is 14.7 Å². The second-order valence-corrected chi connectivity index (χ2v) is 6.47. The average Bonchev–Trinajstić information content (AvgIpc) is 2.62. The summed E-state index contributed by atoms with van der Waals surface area (Å²) in [4.78, 5) is 0. The molecule has 0 aliphatic rings. The van der Waals surface area contributed by atoms with Crippen molar-refractivity contribution in [2.45, 2.75) is 33.2 Å². The molecule has 146 valence electrons. The van der Waals surface area contributed by atoms with Gasteiger partial charge >= 0.3 is 0 Å². The monoisotopic (exact) mass is 390 g/mol. The van der Waals surface area contributed by atoms with Crippen LogP contribution in [0.1, 0.15) is 29.2 Å². The van der Waals surface area contributed by atoms with Crippen LogP contribution in [0.15, 0.2) is 30.3 Å². The van der Waals surface area contributed by atoms with Gasteiger partial charge < -0.3 is 19.9 Å². The van der Waals surface area contributed by atoms with Crippen LogP contribution in [0.5, 0.6) is 17.2 Å². The molecule has 0 amide bonds. The SMILES string of the molecule is COc1cc(CCNC(C)COc2c(C)cc(C#N)cc2C)ccc1O.Cl. The molecule has 0 aliphatic carbocycles. The van der Waals surface area contributed by atoms with Crippen LogP contribution in [-0.2, 0) is 6.42 Å². The fourth-order valence-corrected chi connectivity index (χ4v) is 2.85. The van der Waals surface area contributed by atoms with Gasteiger partial charge in [-0.1, -0.05) is 6.07 Å². The minimum atomic E-state index is 0. The zero-order valence-corrected chi connectivity index (χ0v) is 17.0. The molecule has 0 fully saturated rings. The Labute approximate surface area is 167 Å². The number of hydrogen-bond acceptors (Lipinski definition) is 5. The smallest absolute Gasteiger partial charge is 0.160 e. The van der Waals surface area contributed by atoms with E-state index >= 15 is 0 Å². The molecule has 2 aromatic rings. The van der Waals surface area contributed by atoms with Crippen LogP contribution in [0.3, 0.4) is 0 Å². The number of nitrogens with one attached hydrogen (secondary N) is 1. The molecular weight excluding hydrogens is 364 g/mol. The van der Waals surface area contributed by atoms with Crippen molar-refractivity contribution in [2.75, 3.05) is 20.3 Å². The largest absolute Gasteiger partial charge is 0.504 e. The Hall–Kier alpha value is -2.42. The summed E-state index contributed by atoms with van der Waals surface area (Å²) in [7, 11) is 1.55. The number of aromatic hydroxyl groups is 1. The van der Waals surface area contributed by atoms with E-state index < -0.39 is 0 Å². The summed E-state index contributed by atoms with van der Waals surface area (Å²) >= 11 is 0. The first-order valence-corrected chi connectivity index (χ1v) is 8.68. The first-order chi connectivity index (χ1) is 12.4. The number of phenolic OH excluding ortho intramolecular Hbond substituents is 1. The first-order valence-electron chi connectivity index (χ1n) is 8.68. The minimum absolute atomic E-state index is 0. The van der Waals surface area contributed by atoms with Crippen LogP contribution < -0.4 is 14.8 Å². The van der Waals surface area contributed by atoms with Gasteiger partial charge in [-0.15, -0.1) is 12.4 Å². The molecule has 0 spiro atoms. The number of rotatable bonds is 8. The van der Waals surface area contributed by atoms with Crippen molar-refractivity contribution >= 4 is 12.4 Å². The Morgan fingerprint density at radius 2 is 1.85 bits per heavy atom. The molecule has 0 saturated heterocycles. The Balaban J connectivity index is 0.00000364. The Bertz CT molecular complexity index is 779. The first kappa shape index (κ1) is 22.6. The summed E-state index contributed by atoms with van der Waals surface area (Å²) in [6, 6.07) is 11.4. The average molecular weight is 391 g/mol. The third-order valence-corrected chi connectivity index (χ3v) is 4.22. The molecule has 2 rings (SSSR count). The highest BCUT2D eigenvalue weighted by molar-refractivity contribution is 5.85. The molecular formula is C21H27ClN2O3. The Morgan fingerprint density at radius 3 is 2.44 bits per heavy atom. The summed E-state index contributed by atoms with van der Waals surface area (Å²) in [6.07, 6.45) is 0.829. The fourth-order valence-electron chi connectivity index (χ4n) is 2.85. The molecule has 0 aromatic heterocycles. The number of phenols is 1. The Kier molecular flexibility index (Phi) is 8.93. The van der Waals surface area contributed by atoms with Gasteiger partial charge in [0.2, 0.25) is 0 Å². The highest BCUT2D eigenvalue weighted by Gasteiger charge is 2.09.